The molecule has 3 amide bonds. The van der Waals surface area contributed by atoms with Gasteiger partial charge in [0.1, 0.15) is 6.54 Å². The van der Waals surface area contributed by atoms with Crippen LogP contribution in [0.25, 0.3) is 0 Å². The summed E-state index contributed by atoms with van der Waals surface area (Å²) in [5, 5.41) is 11.1. The summed E-state index contributed by atoms with van der Waals surface area (Å²) >= 11 is 0. The van der Waals surface area contributed by atoms with Crippen LogP contribution in [-0.4, -0.2) is 47.5 Å². The molecular formula is C11H21N3O4. The summed E-state index contributed by atoms with van der Waals surface area (Å²) in [6.07, 6.45) is 2.21. The van der Waals surface area contributed by atoms with E-state index in [9.17, 15) is 14.4 Å². The molecule has 0 aliphatic heterocycles. The Labute approximate surface area is 106 Å². The van der Waals surface area contributed by atoms with Gasteiger partial charge >= 0.3 is 12.0 Å². The number of urea groups is 1. The van der Waals surface area contributed by atoms with Crippen LogP contribution in [0.4, 0.5) is 4.79 Å². The molecule has 7 nitrogen and oxygen atoms in total. The second kappa shape index (κ2) is 9.26. The summed E-state index contributed by atoms with van der Waals surface area (Å²) in [6, 6.07) is -0.325. The zero-order valence-corrected chi connectivity index (χ0v) is 10.6. The first-order chi connectivity index (χ1) is 8.47. The Hall–Kier alpha value is -1.79. The highest BCUT2D eigenvalue weighted by Crippen LogP contribution is 1.99. The molecule has 0 aliphatic carbocycles. The molecule has 0 spiro atoms. The molecule has 0 rings (SSSR count). The molecule has 0 bridgehead atoms. The summed E-state index contributed by atoms with van der Waals surface area (Å²) < 4.78 is 0. The quantitative estimate of drug-likeness (QED) is 0.511. The molecular weight excluding hydrogens is 238 g/mol. The van der Waals surface area contributed by atoms with E-state index in [1.165, 1.54) is 4.90 Å². The molecule has 0 saturated heterocycles. The van der Waals surface area contributed by atoms with Crippen LogP contribution in [0.2, 0.25) is 0 Å². The van der Waals surface area contributed by atoms with Crippen molar-refractivity contribution >= 4 is 17.9 Å². The van der Waals surface area contributed by atoms with Crippen LogP contribution < -0.4 is 11.1 Å². The van der Waals surface area contributed by atoms with Crippen LogP contribution in [0.1, 0.15) is 32.6 Å². The van der Waals surface area contributed by atoms with Gasteiger partial charge < -0.3 is 21.1 Å². The van der Waals surface area contributed by atoms with Crippen molar-refractivity contribution in [3.05, 3.63) is 0 Å². The van der Waals surface area contributed by atoms with Crippen molar-refractivity contribution in [3.8, 4) is 0 Å². The number of hydrogen-bond donors (Lipinski definition) is 3. The first kappa shape index (κ1) is 16.2. The van der Waals surface area contributed by atoms with Gasteiger partial charge in [0.2, 0.25) is 5.91 Å². The van der Waals surface area contributed by atoms with Gasteiger partial charge in [-0.05, 0) is 19.8 Å². The summed E-state index contributed by atoms with van der Waals surface area (Å²) in [5.41, 5.74) is 5.01. The number of unbranched alkanes of at least 4 members (excludes halogenated alkanes) is 2. The maximum absolute atomic E-state index is 11.6. The Morgan fingerprint density at radius 3 is 2.39 bits per heavy atom. The lowest BCUT2D eigenvalue weighted by Gasteiger charge is -2.19. The second-order valence-corrected chi connectivity index (χ2v) is 3.92. The highest BCUT2D eigenvalue weighted by atomic mass is 16.4. The van der Waals surface area contributed by atoms with Gasteiger partial charge in [0.25, 0.3) is 0 Å². The number of carboxylic acids is 1. The summed E-state index contributed by atoms with van der Waals surface area (Å²) in [4.78, 5) is 33.8. The van der Waals surface area contributed by atoms with E-state index in [1.807, 2.05) is 0 Å². The van der Waals surface area contributed by atoms with E-state index in [1.54, 1.807) is 6.92 Å². The molecule has 0 aromatic carbocycles. The van der Waals surface area contributed by atoms with E-state index in [-0.39, 0.29) is 19.0 Å². The van der Waals surface area contributed by atoms with E-state index < -0.39 is 11.9 Å². The molecule has 0 radical (unpaired) electrons. The van der Waals surface area contributed by atoms with Crippen molar-refractivity contribution in [1.29, 1.82) is 0 Å². The predicted octanol–water partition coefficient (Wildman–Crippen LogP) is 0.148. The van der Waals surface area contributed by atoms with Crippen molar-refractivity contribution in [2.75, 3.05) is 19.6 Å². The molecule has 0 atom stereocenters. The number of primary amides is 1. The molecule has 0 aliphatic rings. The Kier molecular flexibility index (Phi) is 8.34. The lowest BCUT2D eigenvalue weighted by molar-refractivity contribution is -0.137. The van der Waals surface area contributed by atoms with Gasteiger partial charge in [-0.25, -0.2) is 4.79 Å². The Morgan fingerprint density at radius 2 is 1.89 bits per heavy atom. The molecule has 7 heteroatoms. The fraction of sp³-hybridized carbons (Fsp3) is 0.727. The van der Waals surface area contributed by atoms with E-state index in [4.69, 9.17) is 10.8 Å². The number of rotatable bonds is 9. The minimum absolute atomic E-state index is 0.0959. The van der Waals surface area contributed by atoms with Crippen molar-refractivity contribution in [2.24, 2.45) is 5.73 Å². The lowest BCUT2D eigenvalue weighted by Crippen LogP contribution is -2.44. The molecule has 4 N–H and O–H groups in total. The van der Waals surface area contributed by atoms with E-state index in [0.717, 1.165) is 6.42 Å². The van der Waals surface area contributed by atoms with Crippen molar-refractivity contribution in [3.63, 3.8) is 0 Å². The number of nitrogens with two attached hydrogens (primary N) is 1. The number of likely N-dealkylation sites (N-methyl/N-ethyl adjacent to an activating group) is 1. The fourth-order valence-electron chi connectivity index (χ4n) is 1.40. The second-order valence-electron chi connectivity index (χ2n) is 3.92. The SMILES string of the molecule is CCN(CC(N)=O)C(=O)NCCCCCC(=O)O. The maximum Gasteiger partial charge on any atom is 0.317 e. The van der Waals surface area contributed by atoms with Gasteiger partial charge in [-0.1, -0.05) is 6.42 Å². The monoisotopic (exact) mass is 259 g/mol. The van der Waals surface area contributed by atoms with Crippen LogP contribution in [0.5, 0.6) is 0 Å². The topological polar surface area (TPSA) is 113 Å². The normalized spacial score (nSPS) is 9.83. The van der Waals surface area contributed by atoms with Crippen molar-refractivity contribution in [1.82, 2.24) is 10.2 Å². The first-order valence-corrected chi connectivity index (χ1v) is 6.00. The Bertz CT molecular complexity index is 294. The molecule has 0 fully saturated rings. The third kappa shape index (κ3) is 8.37. The number of carbonyl (C=O) groups excluding carboxylic acids is 2. The first-order valence-electron chi connectivity index (χ1n) is 6.00. The Morgan fingerprint density at radius 1 is 1.22 bits per heavy atom. The molecule has 0 heterocycles. The van der Waals surface area contributed by atoms with Crippen LogP contribution in [0.15, 0.2) is 0 Å². The number of amides is 3. The molecule has 18 heavy (non-hydrogen) atoms. The minimum atomic E-state index is -0.808. The van der Waals surface area contributed by atoms with Gasteiger partial charge in [0.15, 0.2) is 0 Å². The zero-order valence-electron chi connectivity index (χ0n) is 10.6. The van der Waals surface area contributed by atoms with Crippen molar-refractivity contribution in [2.45, 2.75) is 32.6 Å². The molecule has 0 aromatic heterocycles. The van der Waals surface area contributed by atoms with E-state index in [2.05, 4.69) is 5.32 Å². The highest BCUT2D eigenvalue weighted by molar-refractivity contribution is 5.82. The number of aliphatic carboxylic acids is 1. The van der Waals surface area contributed by atoms with E-state index >= 15 is 0 Å². The smallest absolute Gasteiger partial charge is 0.317 e. The number of carbonyl (C=O) groups is 3. The van der Waals surface area contributed by atoms with Crippen LogP contribution >= 0.6 is 0 Å². The number of nitrogens with zero attached hydrogens (tertiary/aromatic N) is 1. The largest absolute Gasteiger partial charge is 0.481 e. The average molecular weight is 259 g/mol. The number of carboxylic acid groups (broad SMARTS) is 1. The van der Waals surface area contributed by atoms with Gasteiger partial charge in [-0.2, -0.15) is 0 Å². The van der Waals surface area contributed by atoms with Gasteiger partial charge in [-0.15, -0.1) is 0 Å². The van der Waals surface area contributed by atoms with Crippen LogP contribution in [0.3, 0.4) is 0 Å². The third-order valence-corrected chi connectivity index (χ3v) is 2.36. The number of hydrogen-bond acceptors (Lipinski definition) is 3. The van der Waals surface area contributed by atoms with Crippen LogP contribution in [0, 0.1) is 0 Å². The Balaban J connectivity index is 3.68. The van der Waals surface area contributed by atoms with Gasteiger partial charge in [-0.3, -0.25) is 9.59 Å². The third-order valence-electron chi connectivity index (χ3n) is 2.36. The van der Waals surface area contributed by atoms with Crippen molar-refractivity contribution < 1.29 is 19.5 Å². The minimum Gasteiger partial charge on any atom is -0.481 e. The molecule has 104 valence electrons. The highest BCUT2D eigenvalue weighted by Gasteiger charge is 2.12. The molecule has 0 unspecified atom stereocenters. The van der Waals surface area contributed by atoms with Crippen LogP contribution in [-0.2, 0) is 9.59 Å². The molecule has 0 aromatic rings. The predicted molar refractivity (Wildman–Crippen MR) is 65.9 cm³/mol. The molecule has 0 saturated carbocycles. The standard InChI is InChI=1S/C11H21N3O4/c1-2-14(8-9(12)15)11(18)13-7-5-3-4-6-10(16)17/h2-8H2,1H3,(H2,12,15)(H,13,18)(H,16,17). The van der Waals surface area contributed by atoms with Gasteiger partial charge in [0.05, 0.1) is 0 Å². The summed E-state index contributed by atoms with van der Waals surface area (Å²) in [6.45, 7) is 2.54. The fourth-order valence-corrected chi connectivity index (χ4v) is 1.40. The number of nitrogens with one attached hydrogen (secondary N) is 1. The average Bonchev–Trinajstić information content (AvgIpc) is 2.29. The maximum atomic E-state index is 11.6. The zero-order chi connectivity index (χ0) is 14.0. The summed E-state index contributed by atoms with van der Waals surface area (Å²) in [5.74, 6) is -1.36. The summed E-state index contributed by atoms with van der Waals surface area (Å²) in [7, 11) is 0. The van der Waals surface area contributed by atoms with E-state index in [0.29, 0.717) is 25.9 Å². The van der Waals surface area contributed by atoms with Gasteiger partial charge in [0, 0.05) is 19.5 Å². The lowest BCUT2D eigenvalue weighted by atomic mass is 10.2.